The Kier molecular flexibility index (Phi) is 4.06. The lowest BCUT2D eigenvalue weighted by Crippen LogP contribution is -2.48. The van der Waals surface area contributed by atoms with E-state index < -0.39 is 11.5 Å². The van der Waals surface area contributed by atoms with E-state index in [-0.39, 0.29) is 12.5 Å². The van der Waals surface area contributed by atoms with Gasteiger partial charge in [-0.05, 0) is 39.8 Å². The fourth-order valence-corrected chi connectivity index (χ4v) is 1.50. The van der Waals surface area contributed by atoms with Crippen LogP contribution in [0.1, 0.15) is 36.8 Å². The SMILES string of the molecule is Cc1ccc(C(=O)N(CC(=O)O)C(C)(C)C)cn1. The van der Waals surface area contributed by atoms with Crippen molar-refractivity contribution < 1.29 is 14.7 Å². The summed E-state index contributed by atoms with van der Waals surface area (Å²) in [7, 11) is 0. The summed E-state index contributed by atoms with van der Waals surface area (Å²) in [5, 5.41) is 8.88. The van der Waals surface area contributed by atoms with Crippen molar-refractivity contribution in [3.05, 3.63) is 29.6 Å². The molecule has 0 atom stereocenters. The van der Waals surface area contributed by atoms with Crippen molar-refractivity contribution in [2.24, 2.45) is 0 Å². The van der Waals surface area contributed by atoms with Gasteiger partial charge in [-0.25, -0.2) is 0 Å². The number of carboxylic acid groups (broad SMARTS) is 1. The van der Waals surface area contributed by atoms with E-state index in [4.69, 9.17) is 5.11 Å². The first-order valence-electron chi connectivity index (χ1n) is 5.68. The van der Waals surface area contributed by atoms with Gasteiger partial charge >= 0.3 is 5.97 Å². The molecule has 1 rings (SSSR count). The van der Waals surface area contributed by atoms with Crippen molar-refractivity contribution >= 4 is 11.9 Å². The summed E-state index contributed by atoms with van der Waals surface area (Å²) < 4.78 is 0. The average Bonchev–Trinajstić information content (AvgIpc) is 2.24. The molecule has 1 N–H and O–H groups in total. The predicted molar refractivity (Wildman–Crippen MR) is 67.4 cm³/mol. The standard InChI is InChI=1S/C13H18N2O3/c1-9-5-6-10(7-14-9)12(18)15(8-11(16)17)13(2,3)4/h5-7H,8H2,1-4H3,(H,16,17). The summed E-state index contributed by atoms with van der Waals surface area (Å²) in [5.41, 5.74) is 0.657. The molecule has 0 aliphatic carbocycles. The van der Waals surface area contributed by atoms with E-state index in [0.717, 1.165) is 5.69 Å². The topological polar surface area (TPSA) is 70.5 Å². The molecule has 0 aromatic carbocycles. The van der Waals surface area contributed by atoms with Crippen molar-refractivity contribution in [2.45, 2.75) is 33.2 Å². The van der Waals surface area contributed by atoms with E-state index in [1.54, 1.807) is 32.9 Å². The molecule has 5 nitrogen and oxygen atoms in total. The lowest BCUT2D eigenvalue weighted by Gasteiger charge is -2.34. The van der Waals surface area contributed by atoms with E-state index in [0.29, 0.717) is 5.56 Å². The molecule has 0 aliphatic heterocycles. The lowest BCUT2D eigenvalue weighted by atomic mass is 10.0. The zero-order valence-electron chi connectivity index (χ0n) is 11.1. The lowest BCUT2D eigenvalue weighted by molar-refractivity contribution is -0.138. The molecule has 1 aromatic rings. The van der Waals surface area contributed by atoms with Crippen LogP contribution in [0.15, 0.2) is 18.3 Å². The van der Waals surface area contributed by atoms with Crippen LogP contribution >= 0.6 is 0 Å². The number of aryl methyl sites for hydroxylation is 1. The molecule has 0 fully saturated rings. The van der Waals surface area contributed by atoms with Crippen LogP contribution in [0, 0.1) is 6.92 Å². The summed E-state index contributed by atoms with van der Waals surface area (Å²) in [5.74, 6) is -1.35. The van der Waals surface area contributed by atoms with Gasteiger partial charge < -0.3 is 10.0 Å². The number of pyridine rings is 1. The molecule has 1 amide bonds. The van der Waals surface area contributed by atoms with Gasteiger partial charge in [-0.15, -0.1) is 0 Å². The first-order chi connectivity index (χ1) is 8.21. The number of aromatic nitrogens is 1. The molecular weight excluding hydrogens is 232 g/mol. The summed E-state index contributed by atoms with van der Waals surface area (Å²) in [6, 6.07) is 3.39. The number of amides is 1. The molecule has 0 unspecified atom stereocenters. The minimum absolute atomic E-state index is 0.322. The Morgan fingerprint density at radius 3 is 2.33 bits per heavy atom. The Hall–Kier alpha value is -1.91. The maximum Gasteiger partial charge on any atom is 0.323 e. The molecule has 98 valence electrons. The number of carboxylic acids is 1. The molecule has 5 heteroatoms. The second-order valence-electron chi connectivity index (χ2n) is 5.14. The van der Waals surface area contributed by atoms with Gasteiger partial charge in [0.1, 0.15) is 6.54 Å². The van der Waals surface area contributed by atoms with E-state index in [9.17, 15) is 9.59 Å². The quantitative estimate of drug-likeness (QED) is 0.886. The van der Waals surface area contributed by atoms with Crippen LogP contribution in [-0.2, 0) is 4.79 Å². The van der Waals surface area contributed by atoms with Gasteiger partial charge in [0.05, 0.1) is 5.56 Å². The van der Waals surface area contributed by atoms with Gasteiger partial charge in [-0.1, -0.05) is 0 Å². The second kappa shape index (κ2) is 5.16. The Bertz CT molecular complexity index is 446. The van der Waals surface area contributed by atoms with E-state index >= 15 is 0 Å². The largest absolute Gasteiger partial charge is 0.480 e. The number of rotatable bonds is 3. The monoisotopic (exact) mass is 250 g/mol. The van der Waals surface area contributed by atoms with Crippen molar-refractivity contribution in [3.63, 3.8) is 0 Å². The number of hydrogen-bond acceptors (Lipinski definition) is 3. The van der Waals surface area contributed by atoms with Crippen LogP contribution in [0.25, 0.3) is 0 Å². The highest BCUT2D eigenvalue weighted by Crippen LogP contribution is 2.16. The van der Waals surface area contributed by atoms with Gasteiger partial charge in [0.15, 0.2) is 0 Å². The summed E-state index contributed by atoms with van der Waals surface area (Å²) in [6.07, 6.45) is 1.47. The Labute approximate surface area is 106 Å². The number of carbonyl (C=O) groups excluding carboxylic acids is 1. The van der Waals surface area contributed by atoms with E-state index in [1.165, 1.54) is 11.1 Å². The first kappa shape index (κ1) is 14.2. The molecule has 1 aromatic heterocycles. The third kappa shape index (κ3) is 3.55. The molecule has 0 aliphatic rings. The molecule has 0 spiro atoms. The zero-order valence-corrected chi connectivity index (χ0v) is 11.1. The van der Waals surface area contributed by atoms with Gasteiger partial charge in [0, 0.05) is 17.4 Å². The first-order valence-corrected chi connectivity index (χ1v) is 5.68. The van der Waals surface area contributed by atoms with Crippen molar-refractivity contribution in [2.75, 3.05) is 6.54 Å². The highest BCUT2D eigenvalue weighted by atomic mass is 16.4. The Morgan fingerprint density at radius 1 is 1.33 bits per heavy atom. The number of hydrogen-bond donors (Lipinski definition) is 1. The summed E-state index contributed by atoms with van der Waals surface area (Å²) in [4.78, 5) is 28.5. The van der Waals surface area contributed by atoms with E-state index in [2.05, 4.69) is 4.98 Å². The Morgan fingerprint density at radius 2 is 1.94 bits per heavy atom. The molecule has 18 heavy (non-hydrogen) atoms. The highest BCUT2D eigenvalue weighted by molar-refractivity contribution is 5.96. The third-order valence-corrected chi connectivity index (χ3v) is 2.51. The third-order valence-electron chi connectivity index (χ3n) is 2.51. The molecule has 0 saturated carbocycles. The van der Waals surface area contributed by atoms with Crippen LogP contribution in [-0.4, -0.2) is 39.0 Å². The number of aliphatic carboxylic acids is 1. The van der Waals surface area contributed by atoms with Crippen LogP contribution in [0.5, 0.6) is 0 Å². The van der Waals surface area contributed by atoms with Gasteiger partial charge in [0.25, 0.3) is 5.91 Å². The maximum absolute atomic E-state index is 12.3. The molecule has 0 radical (unpaired) electrons. The molecule has 0 saturated heterocycles. The highest BCUT2D eigenvalue weighted by Gasteiger charge is 2.29. The summed E-state index contributed by atoms with van der Waals surface area (Å²) in [6.45, 7) is 6.91. The van der Waals surface area contributed by atoms with Gasteiger partial charge in [0.2, 0.25) is 0 Å². The van der Waals surface area contributed by atoms with E-state index in [1.807, 2.05) is 6.92 Å². The van der Waals surface area contributed by atoms with Crippen LogP contribution < -0.4 is 0 Å². The molecule has 0 bridgehead atoms. The van der Waals surface area contributed by atoms with Crippen LogP contribution in [0.3, 0.4) is 0 Å². The molecular formula is C13H18N2O3. The summed E-state index contributed by atoms with van der Waals surface area (Å²) >= 11 is 0. The average molecular weight is 250 g/mol. The van der Waals surface area contributed by atoms with Crippen LogP contribution in [0.4, 0.5) is 0 Å². The molecule has 1 heterocycles. The number of nitrogens with zero attached hydrogens (tertiary/aromatic N) is 2. The Balaban J connectivity index is 3.02. The maximum atomic E-state index is 12.3. The number of carbonyl (C=O) groups is 2. The van der Waals surface area contributed by atoms with Gasteiger partial charge in [-0.2, -0.15) is 0 Å². The zero-order chi connectivity index (χ0) is 13.9. The van der Waals surface area contributed by atoms with Crippen LogP contribution in [0.2, 0.25) is 0 Å². The fourth-order valence-electron chi connectivity index (χ4n) is 1.50. The van der Waals surface area contributed by atoms with Gasteiger partial charge in [-0.3, -0.25) is 14.6 Å². The second-order valence-corrected chi connectivity index (χ2v) is 5.14. The minimum Gasteiger partial charge on any atom is -0.480 e. The minimum atomic E-state index is -1.03. The van der Waals surface area contributed by atoms with Crippen molar-refractivity contribution in [1.29, 1.82) is 0 Å². The normalized spacial score (nSPS) is 11.1. The van der Waals surface area contributed by atoms with Crippen molar-refractivity contribution in [3.8, 4) is 0 Å². The smallest absolute Gasteiger partial charge is 0.323 e. The predicted octanol–water partition coefficient (Wildman–Crippen LogP) is 1.72. The van der Waals surface area contributed by atoms with Crippen molar-refractivity contribution in [1.82, 2.24) is 9.88 Å². The fraction of sp³-hybridized carbons (Fsp3) is 0.462.